The van der Waals surface area contributed by atoms with E-state index in [0.717, 1.165) is 40.0 Å². The van der Waals surface area contributed by atoms with Gasteiger partial charge in [-0.3, -0.25) is 4.79 Å². The van der Waals surface area contributed by atoms with Gasteiger partial charge in [-0.05, 0) is 52.1 Å². The number of fused-ring (bicyclic) bond motifs is 1. The molecule has 0 spiro atoms. The van der Waals surface area contributed by atoms with E-state index in [1.165, 1.54) is 0 Å². The standard InChI is InChI=1S/C19H26N2O3/c1-6-23-17-11-18-16(14(3)12-24-18)10-15(17)13(2)9-19(22)20-7-8-21(4)5/h9-12H,6-8H2,1-5H3,(H,20,22)/b13-9+. The van der Waals surface area contributed by atoms with Crippen LogP contribution in [0.1, 0.15) is 25.0 Å². The second kappa shape index (κ2) is 8.02. The molecular formula is C19H26N2O3. The van der Waals surface area contributed by atoms with E-state index in [4.69, 9.17) is 9.15 Å². The number of hydrogen-bond donors (Lipinski definition) is 1. The average Bonchev–Trinajstić information content (AvgIpc) is 2.87. The average molecular weight is 330 g/mol. The number of furan rings is 1. The van der Waals surface area contributed by atoms with E-state index in [-0.39, 0.29) is 5.91 Å². The van der Waals surface area contributed by atoms with E-state index in [9.17, 15) is 4.79 Å². The number of carbonyl (C=O) groups is 1. The van der Waals surface area contributed by atoms with Crippen LogP contribution in [0, 0.1) is 6.92 Å². The Kier molecular flexibility index (Phi) is 6.04. The number of allylic oxidation sites excluding steroid dienone is 1. The van der Waals surface area contributed by atoms with Crippen LogP contribution in [0.5, 0.6) is 5.75 Å². The van der Waals surface area contributed by atoms with Gasteiger partial charge in [0.1, 0.15) is 11.3 Å². The molecule has 0 bridgehead atoms. The van der Waals surface area contributed by atoms with Gasteiger partial charge >= 0.3 is 0 Å². The first-order valence-electron chi connectivity index (χ1n) is 8.18. The zero-order valence-corrected chi connectivity index (χ0v) is 15.1. The molecule has 1 N–H and O–H groups in total. The minimum atomic E-state index is -0.0965. The van der Waals surface area contributed by atoms with Gasteiger partial charge in [0.15, 0.2) is 0 Å². The van der Waals surface area contributed by atoms with Crippen molar-refractivity contribution >= 4 is 22.4 Å². The van der Waals surface area contributed by atoms with Crippen molar-refractivity contribution in [1.82, 2.24) is 10.2 Å². The number of likely N-dealkylation sites (N-methyl/N-ethyl adjacent to an activating group) is 1. The fourth-order valence-corrected chi connectivity index (χ4v) is 2.49. The maximum atomic E-state index is 12.1. The van der Waals surface area contributed by atoms with Crippen molar-refractivity contribution in [2.45, 2.75) is 20.8 Å². The summed E-state index contributed by atoms with van der Waals surface area (Å²) in [5.74, 6) is 0.634. The van der Waals surface area contributed by atoms with Crippen molar-refractivity contribution in [3.63, 3.8) is 0 Å². The molecule has 0 fully saturated rings. The largest absolute Gasteiger partial charge is 0.493 e. The zero-order chi connectivity index (χ0) is 17.7. The minimum absolute atomic E-state index is 0.0965. The Hall–Kier alpha value is -2.27. The third-order valence-corrected chi connectivity index (χ3v) is 3.80. The monoisotopic (exact) mass is 330 g/mol. The fraction of sp³-hybridized carbons (Fsp3) is 0.421. The van der Waals surface area contributed by atoms with E-state index in [0.29, 0.717) is 13.2 Å². The van der Waals surface area contributed by atoms with E-state index in [1.54, 1.807) is 12.3 Å². The van der Waals surface area contributed by atoms with Crippen LogP contribution in [-0.2, 0) is 4.79 Å². The molecule has 1 amide bonds. The molecule has 2 rings (SSSR count). The molecule has 2 aromatic rings. The van der Waals surface area contributed by atoms with Crippen molar-refractivity contribution in [2.75, 3.05) is 33.8 Å². The number of carbonyl (C=O) groups excluding carboxylic acids is 1. The number of nitrogens with one attached hydrogen (secondary N) is 1. The Balaban J connectivity index is 2.27. The lowest BCUT2D eigenvalue weighted by Gasteiger charge is -2.12. The van der Waals surface area contributed by atoms with Crippen molar-refractivity contribution < 1.29 is 13.9 Å². The van der Waals surface area contributed by atoms with Gasteiger partial charge < -0.3 is 19.4 Å². The van der Waals surface area contributed by atoms with Crippen LogP contribution in [0.2, 0.25) is 0 Å². The van der Waals surface area contributed by atoms with Gasteiger partial charge in [-0.25, -0.2) is 0 Å². The predicted molar refractivity (Wildman–Crippen MR) is 97.3 cm³/mol. The maximum Gasteiger partial charge on any atom is 0.244 e. The molecular weight excluding hydrogens is 304 g/mol. The smallest absolute Gasteiger partial charge is 0.244 e. The van der Waals surface area contributed by atoms with Gasteiger partial charge in [0.2, 0.25) is 5.91 Å². The minimum Gasteiger partial charge on any atom is -0.493 e. The van der Waals surface area contributed by atoms with Gasteiger partial charge in [0.05, 0.1) is 12.9 Å². The third-order valence-electron chi connectivity index (χ3n) is 3.80. The molecule has 0 saturated heterocycles. The number of rotatable bonds is 7. The molecule has 0 atom stereocenters. The van der Waals surface area contributed by atoms with Crippen LogP contribution < -0.4 is 10.1 Å². The quantitative estimate of drug-likeness (QED) is 0.792. The fourth-order valence-electron chi connectivity index (χ4n) is 2.49. The Morgan fingerprint density at radius 3 is 2.79 bits per heavy atom. The Labute approximate surface area is 143 Å². The maximum absolute atomic E-state index is 12.1. The lowest BCUT2D eigenvalue weighted by atomic mass is 10.0. The summed E-state index contributed by atoms with van der Waals surface area (Å²) < 4.78 is 11.3. The molecule has 1 heterocycles. The first-order valence-corrected chi connectivity index (χ1v) is 8.18. The second-order valence-corrected chi connectivity index (χ2v) is 6.12. The molecule has 5 heteroatoms. The molecule has 24 heavy (non-hydrogen) atoms. The zero-order valence-electron chi connectivity index (χ0n) is 15.1. The molecule has 0 radical (unpaired) electrons. The highest BCUT2D eigenvalue weighted by molar-refractivity contribution is 5.97. The Morgan fingerprint density at radius 1 is 1.38 bits per heavy atom. The molecule has 0 unspecified atom stereocenters. The van der Waals surface area contributed by atoms with Crippen molar-refractivity contribution in [2.24, 2.45) is 0 Å². The first-order chi connectivity index (χ1) is 11.4. The molecule has 0 saturated carbocycles. The second-order valence-electron chi connectivity index (χ2n) is 6.12. The van der Waals surface area contributed by atoms with Crippen molar-refractivity contribution in [3.8, 4) is 5.75 Å². The van der Waals surface area contributed by atoms with E-state index >= 15 is 0 Å². The highest BCUT2D eigenvalue weighted by Crippen LogP contribution is 2.33. The van der Waals surface area contributed by atoms with Crippen LogP contribution in [0.4, 0.5) is 0 Å². The molecule has 0 aliphatic rings. The number of aryl methyl sites for hydroxylation is 1. The molecule has 130 valence electrons. The van der Waals surface area contributed by atoms with E-state index in [2.05, 4.69) is 5.32 Å². The summed E-state index contributed by atoms with van der Waals surface area (Å²) in [6, 6.07) is 3.92. The lowest BCUT2D eigenvalue weighted by Crippen LogP contribution is -2.30. The summed E-state index contributed by atoms with van der Waals surface area (Å²) in [5, 5.41) is 3.93. The summed E-state index contributed by atoms with van der Waals surface area (Å²) >= 11 is 0. The summed E-state index contributed by atoms with van der Waals surface area (Å²) in [7, 11) is 3.95. The summed E-state index contributed by atoms with van der Waals surface area (Å²) in [4.78, 5) is 14.1. The van der Waals surface area contributed by atoms with E-state index in [1.807, 2.05) is 51.9 Å². The highest BCUT2D eigenvalue weighted by Gasteiger charge is 2.12. The van der Waals surface area contributed by atoms with Gasteiger partial charge in [0.25, 0.3) is 0 Å². The van der Waals surface area contributed by atoms with Gasteiger partial charge in [-0.2, -0.15) is 0 Å². The number of benzene rings is 1. The summed E-state index contributed by atoms with van der Waals surface area (Å²) in [6.45, 7) is 7.85. The molecule has 1 aromatic heterocycles. The van der Waals surface area contributed by atoms with Crippen LogP contribution in [0.15, 0.2) is 28.9 Å². The van der Waals surface area contributed by atoms with Gasteiger partial charge in [0, 0.05) is 36.2 Å². The Bertz CT molecular complexity index is 744. The third kappa shape index (κ3) is 4.38. The van der Waals surface area contributed by atoms with Gasteiger partial charge in [-0.15, -0.1) is 0 Å². The van der Waals surface area contributed by atoms with Crippen LogP contribution >= 0.6 is 0 Å². The number of nitrogens with zero attached hydrogens (tertiary/aromatic N) is 1. The first kappa shape index (κ1) is 18.1. The normalized spacial score (nSPS) is 12.0. The van der Waals surface area contributed by atoms with Crippen LogP contribution in [0.25, 0.3) is 16.5 Å². The lowest BCUT2D eigenvalue weighted by molar-refractivity contribution is -0.116. The number of ether oxygens (including phenoxy) is 1. The van der Waals surface area contributed by atoms with Crippen LogP contribution in [0.3, 0.4) is 0 Å². The highest BCUT2D eigenvalue weighted by atomic mass is 16.5. The van der Waals surface area contributed by atoms with E-state index < -0.39 is 0 Å². The number of amides is 1. The molecule has 1 aromatic carbocycles. The molecule has 0 aliphatic carbocycles. The van der Waals surface area contributed by atoms with Gasteiger partial charge in [-0.1, -0.05) is 0 Å². The van der Waals surface area contributed by atoms with Crippen molar-refractivity contribution in [1.29, 1.82) is 0 Å². The SMILES string of the molecule is CCOc1cc2occ(C)c2cc1/C(C)=C/C(=O)NCCN(C)C. The van der Waals surface area contributed by atoms with Crippen LogP contribution in [-0.4, -0.2) is 44.6 Å². The predicted octanol–water partition coefficient (Wildman–Crippen LogP) is 3.22. The Morgan fingerprint density at radius 2 is 2.12 bits per heavy atom. The van der Waals surface area contributed by atoms with Crippen molar-refractivity contribution in [3.05, 3.63) is 35.6 Å². The molecule has 5 nitrogen and oxygen atoms in total. The number of hydrogen-bond acceptors (Lipinski definition) is 4. The summed E-state index contributed by atoms with van der Waals surface area (Å²) in [5.41, 5.74) is 3.64. The molecule has 0 aliphatic heterocycles. The summed E-state index contributed by atoms with van der Waals surface area (Å²) in [6.07, 6.45) is 3.35. The topological polar surface area (TPSA) is 54.7 Å².